The first-order valence-corrected chi connectivity index (χ1v) is 12.5. The number of carbonyl (C=O) groups excluding carboxylic acids is 1. The topological polar surface area (TPSA) is 65.6 Å². The molecule has 3 unspecified atom stereocenters. The number of nitrogens with zero attached hydrogens (tertiary/aromatic N) is 4. The van der Waals surface area contributed by atoms with Gasteiger partial charge in [0.25, 0.3) is 0 Å². The van der Waals surface area contributed by atoms with Gasteiger partial charge in [0.2, 0.25) is 13.4 Å². The normalized spacial score (nSPS) is 27.2. The van der Waals surface area contributed by atoms with Crippen molar-refractivity contribution in [1.29, 1.82) is 0 Å². The second-order valence-corrected chi connectivity index (χ2v) is 12.1. The summed E-state index contributed by atoms with van der Waals surface area (Å²) in [4.78, 5) is 15.9. The molecule has 0 aromatic heterocycles. The number of ether oxygens (including phenoxy) is 2. The second kappa shape index (κ2) is 10.5. The summed E-state index contributed by atoms with van der Waals surface area (Å²) >= 11 is 4.05. The third-order valence-corrected chi connectivity index (χ3v) is 8.84. The number of thiol groups is 1. The number of morpholine rings is 1. The minimum atomic E-state index is -2.88. The van der Waals surface area contributed by atoms with Gasteiger partial charge in [0, 0.05) is 50.8 Å². The molecule has 2 heterocycles. The Balaban J connectivity index is 1.91. The molecule has 2 aliphatic rings. The molecule has 0 aromatic rings. The lowest BCUT2D eigenvalue weighted by Gasteiger charge is -2.44. The Hall–Kier alpha value is -0.0851. The van der Waals surface area contributed by atoms with Crippen LogP contribution in [0.5, 0.6) is 0 Å². The van der Waals surface area contributed by atoms with Gasteiger partial charge < -0.3 is 14.4 Å². The minimum Gasteiger partial charge on any atom is -0.380 e. The van der Waals surface area contributed by atoms with Gasteiger partial charge in [-0.15, -0.1) is 0 Å². The Morgan fingerprint density at radius 3 is 2.38 bits per heavy atom. The molecule has 2 fully saturated rings. The van der Waals surface area contributed by atoms with Crippen LogP contribution >= 0.6 is 20.1 Å². The van der Waals surface area contributed by atoms with E-state index in [1.54, 1.807) is 9.57 Å². The average molecular weight is 446 g/mol. The molecule has 0 N–H and O–H groups in total. The summed E-state index contributed by atoms with van der Waals surface area (Å²) in [6.45, 7) is 10.4. The minimum absolute atomic E-state index is 0.00268. The van der Waals surface area contributed by atoms with E-state index in [-0.39, 0.29) is 35.7 Å². The molecule has 2 aliphatic heterocycles. The predicted molar refractivity (Wildman–Crippen MR) is 120 cm³/mol. The lowest BCUT2D eigenvalue weighted by molar-refractivity contribution is -0.129. The van der Waals surface area contributed by atoms with Gasteiger partial charge in [0.1, 0.15) is 14.2 Å². The summed E-state index contributed by atoms with van der Waals surface area (Å²) in [6.07, 6.45) is -0.0380. The molecule has 1 amide bonds. The van der Waals surface area contributed by atoms with E-state index < -0.39 is 7.44 Å². The van der Waals surface area contributed by atoms with Crippen molar-refractivity contribution in [3.8, 4) is 0 Å². The van der Waals surface area contributed by atoms with Gasteiger partial charge in [0.05, 0.1) is 18.5 Å². The molecule has 0 saturated carbocycles. The van der Waals surface area contributed by atoms with Gasteiger partial charge in [0.15, 0.2) is 0 Å². The zero-order chi connectivity index (χ0) is 21.8. The van der Waals surface area contributed by atoms with E-state index in [0.29, 0.717) is 39.3 Å². The van der Waals surface area contributed by atoms with E-state index in [2.05, 4.69) is 38.3 Å². The summed E-state index contributed by atoms with van der Waals surface area (Å²) in [6, 6.07) is -0.352. The molecule has 2 radical (unpaired) electrons. The number of rotatable bonds is 7. The maximum absolute atomic E-state index is 13.7. The molecule has 0 aliphatic carbocycles. The summed E-state index contributed by atoms with van der Waals surface area (Å²) in [5.74, 6) is 0.210. The highest BCUT2D eigenvalue weighted by Gasteiger charge is 2.37. The van der Waals surface area contributed by atoms with Gasteiger partial charge in [-0.2, -0.15) is 12.6 Å². The van der Waals surface area contributed by atoms with Crippen LogP contribution < -0.4 is 0 Å². The standard InChI is InChI=1S/C18H36BN4O4PS/c1-18(2,3)22-10-15(27-16(19)11-22)12-26-14-28(25,20(4)5)23-8-6-21(7-9-23)17(24)13-29/h15-16,29H,6-14H2,1-5H3. The lowest BCUT2D eigenvalue weighted by atomic mass is 9.94. The molecule has 29 heavy (non-hydrogen) atoms. The van der Waals surface area contributed by atoms with Crippen molar-refractivity contribution in [2.24, 2.45) is 0 Å². The molecular weight excluding hydrogens is 410 g/mol. The summed E-state index contributed by atoms with van der Waals surface area (Å²) in [5.41, 5.74) is 0.00268. The zero-order valence-corrected chi connectivity index (χ0v) is 20.2. The molecular formula is C18H36BN4O4PS. The van der Waals surface area contributed by atoms with Crippen molar-refractivity contribution >= 4 is 33.8 Å². The molecule has 11 heteroatoms. The van der Waals surface area contributed by atoms with Crippen LogP contribution in [-0.2, 0) is 18.8 Å². The molecule has 8 nitrogen and oxygen atoms in total. The van der Waals surface area contributed by atoms with Crippen molar-refractivity contribution in [2.75, 3.05) is 72.1 Å². The highest BCUT2D eigenvalue weighted by molar-refractivity contribution is 7.81. The monoisotopic (exact) mass is 446 g/mol. The van der Waals surface area contributed by atoms with E-state index in [0.717, 1.165) is 6.54 Å². The van der Waals surface area contributed by atoms with Crippen LogP contribution in [0.25, 0.3) is 0 Å². The van der Waals surface area contributed by atoms with Crippen molar-refractivity contribution in [2.45, 2.75) is 38.4 Å². The predicted octanol–water partition coefficient (Wildman–Crippen LogP) is 0.783. The number of hydrogen-bond donors (Lipinski definition) is 1. The largest absolute Gasteiger partial charge is 0.380 e. The number of hydrogen-bond acceptors (Lipinski definition) is 6. The van der Waals surface area contributed by atoms with Crippen LogP contribution in [0.4, 0.5) is 0 Å². The molecule has 0 aromatic carbocycles. The van der Waals surface area contributed by atoms with Crippen LogP contribution in [0, 0.1) is 0 Å². The van der Waals surface area contributed by atoms with Crippen molar-refractivity contribution < 1.29 is 18.8 Å². The Labute approximate surface area is 182 Å². The fourth-order valence-electron chi connectivity index (χ4n) is 3.62. The molecule has 2 rings (SSSR count). The molecule has 166 valence electrons. The van der Waals surface area contributed by atoms with Crippen molar-refractivity contribution in [1.82, 2.24) is 19.1 Å². The first kappa shape index (κ1) is 25.2. The van der Waals surface area contributed by atoms with Crippen LogP contribution in [0.3, 0.4) is 0 Å². The summed E-state index contributed by atoms with van der Waals surface area (Å²) in [5, 5.41) is 0. The van der Waals surface area contributed by atoms with Crippen LogP contribution in [0.15, 0.2) is 0 Å². The third-order valence-electron chi connectivity index (χ3n) is 5.51. The Morgan fingerprint density at radius 2 is 1.86 bits per heavy atom. The van der Waals surface area contributed by atoms with Gasteiger partial charge >= 0.3 is 0 Å². The maximum atomic E-state index is 13.7. The first-order chi connectivity index (χ1) is 13.5. The smallest absolute Gasteiger partial charge is 0.241 e. The van der Waals surface area contributed by atoms with Crippen LogP contribution in [-0.4, -0.2) is 123 Å². The molecule has 0 spiro atoms. The lowest BCUT2D eigenvalue weighted by Crippen LogP contribution is -2.56. The van der Waals surface area contributed by atoms with E-state index in [1.165, 1.54) is 0 Å². The Bertz CT molecular complexity index is 599. The number of carbonyl (C=O) groups is 1. The molecule has 3 atom stereocenters. The van der Waals surface area contributed by atoms with Gasteiger partial charge in [-0.25, -0.2) is 9.34 Å². The summed E-state index contributed by atoms with van der Waals surface area (Å²) < 4.78 is 29.1. The maximum Gasteiger partial charge on any atom is 0.241 e. The van der Waals surface area contributed by atoms with E-state index in [1.807, 2.05) is 18.8 Å². The highest BCUT2D eigenvalue weighted by Crippen LogP contribution is 2.51. The third kappa shape index (κ3) is 6.70. The van der Waals surface area contributed by atoms with E-state index in [4.69, 9.17) is 17.3 Å². The van der Waals surface area contributed by atoms with Gasteiger partial charge in [-0.05, 0) is 34.9 Å². The fraction of sp³-hybridized carbons (Fsp3) is 0.944. The van der Waals surface area contributed by atoms with Gasteiger partial charge in [-0.3, -0.25) is 14.3 Å². The molecule has 0 bridgehead atoms. The van der Waals surface area contributed by atoms with Crippen LogP contribution in [0.2, 0.25) is 0 Å². The van der Waals surface area contributed by atoms with Crippen molar-refractivity contribution in [3.05, 3.63) is 0 Å². The van der Waals surface area contributed by atoms with Crippen LogP contribution in [0.1, 0.15) is 20.8 Å². The zero-order valence-electron chi connectivity index (χ0n) is 18.4. The Kier molecular flexibility index (Phi) is 9.10. The number of amides is 1. The van der Waals surface area contributed by atoms with Gasteiger partial charge in [-0.1, -0.05) is 0 Å². The molecule has 2 saturated heterocycles. The highest BCUT2D eigenvalue weighted by atomic mass is 32.1. The van der Waals surface area contributed by atoms with E-state index >= 15 is 0 Å². The first-order valence-electron chi connectivity index (χ1n) is 10.1. The second-order valence-electron chi connectivity index (χ2n) is 8.88. The average Bonchev–Trinajstić information content (AvgIpc) is 2.66. The SMILES string of the molecule is [B]C1CN(C(C)(C)C)CC(COCP(=O)(N(C)C)N2CCN(C(=O)CS)CC2)O1. The van der Waals surface area contributed by atoms with Crippen molar-refractivity contribution in [3.63, 3.8) is 0 Å². The summed E-state index contributed by atoms with van der Waals surface area (Å²) in [7, 11) is 6.80. The quantitative estimate of drug-likeness (QED) is 0.352. The van der Waals surface area contributed by atoms with E-state index in [9.17, 15) is 9.36 Å². The Morgan fingerprint density at radius 1 is 1.24 bits per heavy atom. The number of piperazine rings is 1. The fourth-order valence-corrected chi connectivity index (χ4v) is 5.87.